The van der Waals surface area contributed by atoms with Gasteiger partial charge in [-0.1, -0.05) is 13.0 Å². The lowest BCUT2D eigenvalue weighted by Gasteiger charge is -2.34. The fraction of sp³-hybridized carbons (Fsp3) is 0.353. The summed E-state index contributed by atoms with van der Waals surface area (Å²) in [7, 11) is 0. The van der Waals surface area contributed by atoms with Crippen molar-refractivity contribution in [3.05, 3.63) is 84.3 Å². The maximum atomic E-state index is 14.0. The van der Waals surface area contributed by atoms with Crippen LogP contribution in [-0.2, 0) is 12.7 Å². The molecule has 258 valence electrons. The van der Waals surface area contributed by atoms with Gasteiger partial charge in [0.25, 0.3) is 0 Å². The number of likely N-dealkylation sites (N-methyl/N-ethyl adjacent to an activating group) is 1. The molecule has 0 radical (unpaired) electrons. The molecule has 6 rings (SSSR count). The molecule has 2 aromatic heterocycles. The maximum Gasteiger partial charge on any atom is 0.416 e. The average Bonchev–Trinajstić information content (AvgIpc) is 3.10. The number of hydrogen-bond acceptors (Lipinski definition) is 10. The van der Waals surface area contributed by atoms with Crippen LogP contribution in [0.5, 0.6) is 11.6 Å². The first kappa shape index (κ1) is 33.9. The molecule has 0 spiro atoms. The Bertz CT molecular complexity index is 1690. The van der Waals surface area contributed by atoms with Crippen molar-refractivity contribution in [2.24, 2.45) is 0 Å². The zero-order chi connectivity index (χ0) is 34.2. The molecule has 0 saturated carbocycles. The first-order chi connectivity index (χ1) is 23.7. The highest BCUT2D eigenvalue weighted by Gasteiger charge is 2.34. The highest BCUT2D eigenvalue weighted by atomic mass is 19.4. The van der Waals surface area contributed by atoms with Crippen molar-refractivity contribution in [2.45, 2.75) is 19.6 Å². The van der Waals surface area contributed by atoms with Crippen LogP contribution in [0.2, 0.25) is 0 Å². The number of aromatic nitrogens is 3. The number of nitrogens with one attached hydrogen (secondary N) is 4. The number of hydrogen-bond donors (Lipinski definition) is 4. The van der Waals surface area contributed by atoms with Crippen molar-refractivity contribution in [3.8, 4) is 11.6 Å². The third-order valence-electron chi connectivity index (χ3n) is 8.42. The molecule has 4 N–H and O–H groups in total. The van der Waals surface area contributed by atoms with Crippen molar-refractivity contribution >= 4 is 34.7 Å². The molecule has 2 fully saturated rings. The van der Waals surface area contributed by atoms with Gasteiger partial charge >= 0.3 is 12.2 Å². The third-order valence-corrected chi connectivity index (χ3v) is 8.42. The standard InChI is InChI=1S/C34H39F3N10O2/c1-2-45-15-17-46(18-16-45)22-24-3-4-26(19-29(24)34(35,36)37)44-33(48)43-25-5-8-28(9-6-25)49-32-20-30(40-23-41-32)42-27-7-10-31(39-21-27)47-13-11-38-12-14-47/h3-10,19-21,23,38H,2,11-18,22H2,1H3,(H,40,41,42)(H2,43,44,48). The summed E-state index contributed by atoms with van der Waals surface area (Å²) in [5.41, 5.74) is 0.661. The van der Waals surface area contributed by atoms with Crippen molar-refractivity contribution in [2.75, 3.05) is 79.8 Å². The van der Waals surface area contributed by atoms with Crippen LogP contribution in [-0.4, -0.2) is 89.7 Å². The zero-order valence-electron chi connectivity index (χ0n) is 27.1. The van der Waals surface area contributed by atoms with Crippen molar-refractivity contribution in [1.82, 2.24) is 30.1 Å². The van der Waals surface area contributed by atoms with Crippen LogP contribution in [0.3, 0.4) is 0 Å². The SMILES string of the molecule is CCN1CCN(Cc2ccc(NC(=O)Nc3ccc(Oc4cc(Nc5ccc(N6CCNCC6)nc5)ncn4)cc3)cc2C(F)(F)F)CC1. The molecule has 2 aromatic carbocycles. The van der Waals surface area contributed by atoms with Crippen LogP contribution in [0.25, 0.3) is 0 Å². The first-order valence-corrected chi connectivity index (χ1v) is 16.2. The Labute approximate surface area is 282 Å². The minimum absolute atomic E-state index is 0.0452. The number of urea groups is 1. The highest BCUT2D eigenvalue weighted by Crippen LogP contribution is 2.35. The number of ether oxygens (including phenoxy) is 1. The van der Waals surface area contributed by atoms with E-state index in [0.29, 0.717) is 36.2 Å². The summed E-state index contributed by atoms with van der Waals surface area (Å²) >= 11 is 0. The quantitative estimate of drug-likeness (QED) is 0.169. The molecule has 4 aromatic rings. The zero-order valence-corrected chi connectivity index (χ0v) is 27.1. The number of carbonyl (C=O) groups is 1. The summed E-state index contributed by atoms with van der Waals surface area (Å²) < 4.78 is 47.8. The highest BCUT2D eigenvalue weighted by molar-refractivity contribution is 5.99. The predicted molar refractivity (Wildman–Crippen MR) is 183 cm³/mol. The Morgan fingerprint density at radius 2 is 1.53 bits per heavy atom. The number of halogens is 3. The number of alkyl halides is 3. The van der Waals surface area contributed by atoms with Crippen LogP contribution in [0.1, 0.15) is 18.1 Å². The summed E-state index contributed by atoms with van der Waals surface area (Å²) in [5.74, 6) is 2.20. The van der Waals surface area contributed by atoms with E-state index in [0.717, 1.165) is 63.4 Å². The van der Waals surface area contributed by atoms with Gasteiger partial charge in [0.05, 0.1) is 17.4 Å². The smallest absolute Gasteiger partial charge is 0.416 e. The minimum atomic E-state index is -4.56. The van der Waals surface area contributed by atoms with Gasteiger partial charge in [0.15, 0.2) is 0 Å². The van der Waals surface area contributed by atoms with E-state index in [-0.39, 0.29) is 17.8 Å². The monoisotopic (exact) mass is 676 g/mol. The van der Waals surface area contributed by atoms with Gasteiger partial charge in [0.2, 0.25) is 5.88 Å². The molecule has 15 heteroatoms. The second-order valence-electron chi connectivity index (χ2n) is 11.8. The summed E-state index contributed by atoms with van der Waals surface area (Å²) in [5, 5.41) is 11.7. The predicted octanol–water partition coefficient (Wildman–Crippen LogP) is 5.62. The molecule has 12 nitrogen and oxygen atoms in total. The van der Waals surface area contributed by atoms with E-state index in [9.17, 15) is 18.0 Å². The molecule has 0 unspecified atom stereocenters. The van der Waals surface area contributed by atoms with E-state index in [1.807, 2.05) is 17.0 Å². The lowest BCUT2D eigenvalue weighted by molar-refractivity contribution is -0.138. The molecular formula is C34H39F3N10O2. The van der Waals surface area contributed by atoms with E-state index in [4.69, 9.17) is 4.74 Å². The number of benzene rings is 2. The molecule has 0 atom stereocenters. The van der Waals surface area contributed by atoms with E-state index < -0.39 is 17.8 Å². The van der Waals surface area contributed by atoms with Crippen LogP contribution in [0, 0.1) is 0 Å². The average molecular weight is 677 g/mol. The number of amides is 2. The van der Waals surface area contributed by atoms with Gasteiger partial charge in [-0.2, -0.15) is 13.2 Å². The van der Waals surface area contributed by atoms with Crippen molar-refractivity contribution < 1.29 is 22.7 Å². The second-order valence-corrected chi connectivity index (χ2v) is 11.8. The summed E-state index contributed by atoms with van der Waals surface area (Å²) in [4.78, 5) is 32.2. The van der Waals surface area contributed by atoms with Crippen molar-refractivity contribution in [1.29, 1.82) is 0 Å². The number of nitrogens with zero attached hydrogens (tertiary/aromatic N) is 6. The number of anilines is 5. The molecular weight excluding hydrogens is 637 g/mol. The van der Waals surface area contributed by atoms with E-state index >= 15 is 0 Å². The van der Waals surface area contributed by atoms with E-state index in [2.05, 4.69) is 52.9 Å². The topological polar surface area (TPSA) is 123 Å². The summed E-state index contributed by atoms with van der Waals surface area (Å²) in [6, 6.07) is 15.3. The fourth-order valence-corrected chi connectivity index (χ4v) is 5.73. The lowest BCUT2D eigenvalue weighted by atomic mass is 10.0. The Morgan fingerprint density at radius 1 is 0.837 bits per heavy atom. The largest absolute Gasteiger partial charge is 0.439 e. The van der Waals surface area contributed by atoms with Gasteiger partial charge in [-0.3, -0.25) is 4.90 Å². The summed E-state index contributed by atoms with van der Waals surface area (Å²) in [6.07, 6.45) is -1.42. The normalized spacial score (nSPS) is 15.9. The molecule has 0 bridgehead atoms. The Balaban J connectivity index is 1.02. The number of piperazine rings is 2. The number of pyridine rings is 1. The van der Waals surface area contributed by atoms with Crippen LogP contribution < -0.4 is 30.9 Å². The maximum absolute atomic E-state index is 14.0. The Kier molecular flexibility index (Phi) is 10.7. The van der Waals surface area contributed by atoms with Gasteiger partial charge in [-0.05, 0) is 60.6 Å². The summed E-state index contributed by atoms with van der Waals surface area (Å²) in [6.45, 7) is 9.96. The van der Waals surface area contributed by atoms with Crippen LogP contribution in [0.15, 0.2) is 73.2 Å². The van der Waals surface area contributed by atoms with Gasteiger partial charge in [-0.15, -0.1) is 0 Å². The third kappa shape index (κ3) is 9.34. The Hall–Kier alpha value is -4.99. The lowest BCUT2D eigenvalue weighted by Crippen LogP contribution is -2.45. The van der Waals surface area contributed by atoms with Crippen LogP contribution >= 0.6 is 0 Å². The molecule has 0 aliphatic carbocycles. The molecule has 2 saturated heterocycles. The number of rotatable bonds is 10. The van der Waals surface area contributed by atoms with Crippen molar-refractivity contribution in [3.63, 3.8) is 0 Å². The fourth-order valence-electron chi connectivity index (χ4n) is 5.73. The molecule has 4 heterocycles. The first-order valence-electron chi connectivity index (χ1n) is 16.2. The van der Waals surface area contributed by atoms with E-state index in [1.54, 1.807) is 36.5 Å². The van der Waals surface area contributed by atoms with Gasteiger partial charge < -0.3 is 35.8 Å². The van der Waals surface area contributed by atoms with Gasteiger partial charge in [-0.25, -0.2) is 19.7 Å². The van der Waals surface area contributed by atoms with Gasteiger partial charge in [0, 0.05) is 76.3 Å². The van der Waals surface area contributed by atoms with E-state index in [1.165, 1.54) is 18.5 Å². The molecule has 2 aliphatic rings. The number of carbonyl (C=O) groups excluding carboxylic acids is 1. The Morgan fingerprint density at radius 3 is 2.22 bits per heavy atom. The second kappa shape index (κ2) is 15.5. The molecule has 49 heavy (non-hydrogen) atoms. The van der Waals surface area contributed by atoms with Crippen LogP contribution in [0.4, 0.5) is 46.7 Å². The minimum Gasteiger partial charge on any atom is -0.439 e. The van der Waals surface area contributed by atoms with Gasteiger partial charge in [0.1, 0.15) is 23.7 Å². The molecule has 2 aliphatic heterocycles. The molecule has 2 amide bonds.